The molecule has 2 unspecified atom stereocenters. The largest absolute Gasteiger partial charge is 0.467 e. The summed E-state index contributed by atoms with van der Waals surface area (Å²) in [4.78, 5) is 18.7. The van der Waals surface area contributed by atoms with Crippen molar-refractivity contribution in [1.29, 1.82) is 0 Å². The summed E-state index contributed by atoms with van der Waals surface area (Å²) in [5.41, 5.74) is 5.91. The van der Waals surface area contributed by atoms with Gasteiger partial charge in [0.2, 0.25) is 0 Å². The van der Waals surface area contributed by atoms with Crippen molar-refractivity contribution in [2.24, 2.45) is 0 Å². The van der Waals surface area contributed by atoms with Gasteiger partial charge in [-0.2, -0.15) is 5.10 Å². The van der Waals surface area contributed by atoms with Crippen LogP contribution in [0.1, 0.15) is 11.8 Å². The number of aromatic amines is 1. The molecule has 0 saturated carbocycles. The minimum absolute atomic E-state index is 0.0565. The van der Waals surface area contributed by atoms with Crippen LogP contribution in [-0.2, 0) is 9.53 Å². The maximum absolute atomic E-state index is 11.1. The van der Waals surface area contributed by atoms with Gasteiger partial charge in [-0.3, -0.25) is 5.10 Å². The van der Waals surface area contributed by atoms with Crippen LogP contribution in [0.4, 0.5) is 5.82 Å². The molecular weight excluding hydrogens is 242 g/mol. The minimum atomic E-state index is -1.75. The molecule has 0 fully saturated rings. The minimum Gasteiger partial charge on any atom is -0.467 e. The number of H-pyrrole nitrogens is 1. The number of anilines is 1. The van der Waals surface area contributed by atoms with Crippen molar-refractivity contribution in [2.45, 2.75) is 12.2 Å². The summed E-state index contributed by atoms with van der Waals surface area (Å²) >= 11 is 0. The van der Waals surface area contributed by atoms with Gasteiger partial charge in [-0.25, -0.2) is 14.8 Å². The second-order valence-corrected chi connectivity index (χ2v) is 3.51. The summed E-state index contributed by atoms with van der Waals surface area (Å²) < 4.78 is 4.33. The fourth-order valence-corrected chi connectivity index (χ4v) is 1.52. The van der Waals surface area contributed by atoms with E-state index in [1.54, 1.807) is 0 Å². The van der Waals surface area contributed by atoms with Gasteiger partial charge in [0, 0.05) is 0 Å². The Bertz CT molecular complexity index is 583. The Morgan fingerprint density at radius 3 is 2.89 bits per heavy atom. The van der Waals surface area contributed by atoms with E-state index in [-0.39, 0.29) is 22.5 Å². The van der Waals surface area contributed by atoms with E-state index < -0.39 is 18.2 Å². The Hall–Kier alpha value is -2.26. The molecule has 0 saturated heterocycles. The molecule has 0 aliphatic rings. The van der Waals surface area contributed by atoms with Crippen LogP contribution in [0.3, 0.4) is 0 Å². The lowest BCUT2D eigenvalue weighted by Crippen LogP contribution is -2.29. The Balaban J connectivity index is 2.45. The van der Waals surface area contributed by atoms with Crippen LogP contribution in [0.25, 0.3) is 11.0 Å². The van der Waals surface area contributed by atoms with Crippen molar-refractivity contribution in [3.05, 3.63) is 12.0 Å². The van der Waals surface area contributed by atoms with Gasteiger partial charge in [-0.05, 0) is 0 Å². The summed E-state index contributed by atoms with van der Waals surface area (Å²) in [5.74, 6) is -0.888. The first kappa shape index (κ1) is 12.2. The molecule has 0 aliphatic carbocycles. The van der Waals surface area contributed by atoms with Gasteiger partial charge in [0.25, 0.3) is 0 Å². The molecule has 9 nitrogen and oxygen atoms in total. The van der Waals surface area contributed by atoms with Crippen molar-refractivity contribution in [2.75, 3.05) is 12.8 Å². The van der Waals surface area contributed by atoms with Crippen LogP contribution in [0.2, 0.25) is 0 Å². The molecule has 5 N–H and O–H groups in total. The monoisotopic (exact) mass is 253 g/mol. The van der Waals surface area contributed by atoms with Crippen molar-refractivity contribution in [1.82, 2.24) is 20.2 Å². The second kappa shape index (κ2) is 4.55. The molecule has 0 spiro atoms. The number of aliphatic hydroxyl groups excluding tert-OH is 2. The zero-order valence-electron chi connectivity index (χ0n) is 9.36. The number of methoxy groups -OCH3 is 1. The Labute approximate surface area is 101 Å². The normalized spacial score (nSPS) is 14.4. The number of nitrogens with one attached hydrogen (secondary N) is 1. The lowest BCUT2D eigenvalue weighted by molar-refractivity contribution is -0.156. The number of rotatable bonds is 3. The number of nitrogens with two attached hydrogens (primary N) is 1. The molecule has 2 atom stereocenters. The van der Waals surface area contributed by atoms with Gasteiger partial charge < -0.3 is 20.7 Å². The molecule has 2 aromatic rings. The average molecular weight is 253 g/mol. The molecule has 0 amide bonds. The van der Waals surface area contributed by atoms with E-state index in [9.17, 15) is 15.0 Å². The number of carbonyl (C=O) groups excluding carboxylic acids is 1. The van der Waals surface area contributed by atoms with Crippen LogP contribution < -0.4 is 5.73 Å². The quantitative estimate of drug-likeness (QED) is 0.483. The standard InChI is InChI=1S/C9H11N5O4/c1-18-9(17)6(16)5(15)4-3-7(10)11-2-12-8(3)14-13-4/h2,5-6,15-16H,1H3,(H3,10,11,12,13,14). The Morgan fingerprint density at radius 1 is 1.50 bits per heavy atom. The molecule has 9 heteroatoms. The Kier molecular flexibility index (Phi) is 3.08. The molecule has 96 valence electrons. The molecular formula is C9H11N5O4. The third-order valence-electron chi connectivity index (χ3n) is 2.45. The summed E-state index contributed by atoms with van der Waals surface area (Å²) in [5, 5.41) is 25.9. The maximum Gasteiger partial charge on any atom is 0.337 e. The first-order chi connectivity index (χ1) is 8.56. The van der Waals surface area contributed by atoms with Gasteiger partial charge in [0.15, 0.2) is 11.8 Å². The molecule has 0 aromatic carbocycles. The van der Waals surface area contributed by atoms with E-state index in [0.29, 0.717) is 0 Å². The summed E-state index contributed by atoms with van der Waals surface area (Å²) in [6, 6.07) is 0. The van der Waals surface area contributed by atoms with E-state index in [0.717, 1.165) is 7.11 Å². The molecule has 0 aliphatic heterocycles. The van der Waals surface area contributed by atoms with Crippen LogP contribution in [0.15, 0.2) is 6.33 Å². The molecule has 0 bridgehead atoms. The van der Waals surface area contributed by atoms with Crippen molar-refractivity contribution in [3.63, 3.8) is 0 Å². The van der Waals surface area contributed by atoms with Crippen molar-refractivity contribution in [3.8, 4) is 0 Å². The van der Waals surface area contributed by atoms with E-state index in [4.69, 9.17) is 5.73 Å². The van der Waals surface area contributed by atoms with E-state index in [1.165, 1.54) is 6.33 Å². The third kappa shape index (κ3) is 1.85. The summed E-state index contributed by atoms with van der Waals surface area (Å²) in [7, 11) is 1.10. The highest BCUT2D eigenvalue weighted by Gasteiger charge is 2.30. The smallest absolute Gasteiger partial charge is 0.337 e. The van der Waals surface area contributed by atoms with E-state index in [2.05, 4.69) is 24.9 Å². The van der Waals surface area contributed by atoms with Gasteiger partial charge >= 0.3 is 5.97 Å². The Morgan fingerprint density at radius 2 is 2.22 bits per heavy atom. The lowest BCUT2D eigenvalue weighted by Gasteiger charge is -2.14. The third-order valence-corrected chi connectivity index (χ3v) is 2.45. The van der Waals surface area contributed by atoms with Gasteiger partial charge in [0.05, 0.1) is 18.2 Å². The van der Waals surface area contributed by atoms with Crippen molar-refractivity contribution >= 4 is 22.8 Å². The fraction of sp³-hybridized carbons (Fsp3) is 0.333. The lowest BCUT2D eigenvalue weighted by atomic mass is 10.1. The number of carbonyl (C=O) groups is 1. The summed E-state index contributed by atoms with van der Waals surface area (Å²) in [6.45, 7) is 0. The topological polar surface area (TPSA) is 147 Å². The highest BCUT2D eigenvalue weighted by Crippen LogP contribution is 2.26. The number of hydrogen-bond acceptors (Lipinski definition) is 8. The van der Waals surface area contributed by atoms with Crippen LogP contribution in [0.5, 0.6) is 0 Å². The summed E-state index contributed by atoms with van der Waals surface area (Å²) in [6.07, 6.45) is -2.10. The average Bonchev–Trinajstić information content (AvgIpc) is 2.81. The van der Waals surface area contributed by atoms with Crippen LogP contribution in [0, 0.1) is 0 Å². The van der Waals surface area contributed by atoms with Gasteiger partial charge in [0.1, 0.15) is 18.2 Å². The fourth-order valence-electron chi connectivity index (χ4n) is 1.52. The van der Waals surface area contributed by atoms with Gasteiger partial charge in [-0.1, -0.05) is 0 Å². The first-order valence-corrected chi connectivity index (χ1v) is 4.94. The number of aliphatic hydroxyl groups is 2. The number of hydrogen-bond donors (Lipinski definition) is 4. The molecule has 0 radical (unpaired) electrons. The predicted molar refractivity (Wildman–Crippen MR) is 59.1 cm³/mol. The maximum atomic E-state index is 11.1. The highest BCUT2D eigenvalue weighted by atomic mass is 16.5. The van der Waals surface area contributed by atoms with Gasteiger partial charge in [-0.15, -0.1) is 0 Å². The zero-order valence-corrected chi connectivity index (χ0v) is 9.36. The van der Waals surface area contributed by atoms with Crippen molar-refractivity contribution < 1.29 is 19.7 Å². The number of ether oxygens (including phenoxy) is 1. The van der Waals surface area contributed by atoms with Crippen LogP contribution in [-0.4, -0.2) is 49.6 Å². The number of nitrogen functional groups attached to an aromatic ring is 1. The number of esters is 1. The molecule has 18 heavy (non-hydrogen) atoms. The molecule has 2 aromatic heterocycles. The number of aromatic nitrogens is 4. The number of nitrogens with zero attached hydrogens (tertiary/aromatic N) is 3. The van der Waals surface area contributed by atoms with E-state index >= 15 is 0 Å². The first-order valence-electron chi connectivity index (χ1n) is 4.94. The SMILES string of the molecule is COC(=O)C(O)C(O)c1[nH]nc2ncnc(N)c12. The second-order valence-electron chi connectivity index (χ2n) is 3.51. The highest BCUT2D eigenvalue weighted by molar-refractivity contribution is 5.88. The number of fused-ring (bicyclic) bond motifs is 1. The molecule has 2 heterocycles. The van der Waals surface area contributed by atoms with E-state index in [1.807, 2.05) is 0 Å². The predicted octanol–water partition coefficient (Wildman–Crippen LogP) is -1.50. The molecule has 2 rings (SSSR count). The van der Waals surface area contributed by atoms with Crippen LogP contribution >= 0.6 is 0 Å². The zero-order chi connectivity index (χ0) is 13.3.